The molecule has 1 aromatic carbocycles. The minimum atomic E-state index is -0.945. The third kappa shape index (κ3) is 4.09. The average molecular weight is 407 g/mol. The van der Waals surface area contributed by atoms with E-state index >= 15 is 0 Å². The van der Waals surface area contributed by atoms with Crippen LogP contribution in [0, 0.1) is 17.6 Å². The summed E-state index contributed by atoms with van der Waals surface area (Å²) in [7, 11) is 0. The summed E-state index contributed by atoms with van der Waals surface area (Å²) in [5.74, 6) is -2.78. The van der Waals surface area contributed by atoms with Gasteiger partial charge in [-0.15, -0.1) is 11.3 Å². The van der Waals surface area contributed by atoms with Crippen LogP contribution in [0.2, 0.25) is 0 Å². The molecule has 4 nitrogen and oxygen atoms in total. The van der Waals surface area contributed by atoms with Crippen molar-refractivity contribution < 1.29 is 23.1 Å². The molecular weight excluding hydrogens is 384 g/mol. The van der Waals surface area contributed by atoms with E-state index in [9.17, 15) is 18.4 Å². The van der Waals surface area contributed by atoms with E-state index < -0.39 is 29.1 Å². The quantitative estimate of drug-likeness (QED) is 0.656. The van der Waals surface area contributed by atoms with Crippen LogP contribution >= 0.6 is 11.3 Å². The fraction of sp³-hybridized carbons (Fsp3) is 0.429. The van der Waals surface area contributed by atoms with Crippen molar-refractivity contribution in [3.63, 3.8) is 0 Å². The Hall–Kier alpha value is -2.28. The minimum Gasteiger partial charge on any atom is -0.462 e. The summed E-state index contributed by atoms with van der Waals surface area (Å²) in [6, 6.07) is 3.25. The maximum Gasteiger partial charge on any atom is 0.341 e. The molecule has 1 heterocycles. The number of carbonyl (C=O) groups excluding carboxylic acids is 2. The maximum absolute atomic E-state index is 14.0. The van der Waals surface area contributed by atoms with Crippen LogP contribution in [0.25, 0.3) is 0 Å². The van der Waals surface area contributed by atoms with Gasteiger partial charge in [-0.1, -0.05) is 25.8 Å². The number of amides is 1. The van der Waals surface area contributed by atoms with Gasteiger partial charge in [0.25, 0.3) is 5.91 Å². The van der Waals surface area contributed by atoms with Crippen molar-refractivity contribution in [3.8, 4) is 0 Å². The fourth-order valence-electron chi connectivity index (χ4n) is 3.70. The monoisotopic (exact) mass is 407 g/mol. The van der Waals surface area contributed by atoms with Crippen LogP contribution in [0.15, 0.2) is 18.2 Å². The Morgan fingerprint density at radius 2 is 1.93 bits per heavy atom. The van der Waals surface area contributed by atoms with Crippen LogP contribution in [0.5, 0.6) is 0 Å². The first-order valence-corrected chi connectivity index (χ1v) is 10.3. The number of ether oxygens (including phenoxy) is 1. The summed E-state index contributed by atoms with van der Waals surface area (Å²) in [6.07, 6.45) is 4.73. The molecule has 150 valence electrons. The highest BCUT2D eigenvalue weighted by Gasteiger charge is 2.31. The van der Waals surface area contributed by atoms with Crippen LogP contribution in [0.3, 0.4) is 0 Å². The molecule has 0 aliphatic heterocycles. The van der Waals surface area contributed by atoms with Gasteiger partial charge in [-0.2, -0.15) is 0 Å². The van der Waals surface area contributed by atoms with E-state index in [2.05, 4.69) is 12.2 Å². The van der Waals surface area contributed by atoms with Crippen molar-refractivity contribution in [2.45, 2.75) is 46.0 Å². The van der Waals surface area contributed by atoms with Gasteiger partial charge in [-0.25, -0.2) is 13.6 Å². The highest BCUT2D eigenvalue weighted by atomic mass is 32.1. The first-order chi connectivity index (χ1) is 13.5. The van der Waals surface area contributed by atoms with Crippen LogP contribution in [0.4, 0.5) is 13.8 Å². The zero-order valence-electron chi connectivity index (χ0n) is 15.9. The third-order valence-corrected chi connectivity index (χ3v) is 6.13. The average Bonchev–Trinajstić information content (AvgIpc) is 2.99. The number of carbonyl (C=O) groups is 2. The number of rotatable bonds is 6. The second kappa shape index (κ2) is 8.82. The first-order valence-electron chi connectivity index (χ1n) is 9.53. The number of fused-ring (bicyclic) bond motifs is 1. The van der Waals surface area contributed by atoms with Gasteiger partial charge in [0.1, 0.15) is 22.2 Å². The normalized spacial score (nSPS) is 15.8. The van der Waals surface area contributed by atoms with E-state index in [-0.39, 0.29) is 6.61 Å². The molecule has 0 radical (unpaired) electrons. The number of benzene rings is 1. The summed E-state index contributed by atoms with van der Waals surface area (Å²) < 4.78 is 33.1. The predicted molar refractivity (Wildman–Crippen MR) is 105 cm³/mol. The summed E-state index contributed by atoms with van der Waals surface area (Å²) in [4.78, 5) is 26.1. The molecule has 1 aliphatic carbocycles. The van der Waals surface area contributed by atoms with Gasteiger partial charge >= 0.3 is 5.97 Å². The smallest absolute Gasteiger partial charge is 0.341 e. The predicted octanol–water partition coefficient (Wildman–Crippen LogP) is 5.36. The molecule has 1 amide bonds. The number of hydrogen-bond donors (Lipinski definition) is 1. The largest absolute Gasteiger partial charge is 0.462 e. The minimum absolute atomic E-state index is 0.206. The third-order valence-electron chi connectivity index (χ3n) is 4.96. The molecule has 0 saturated heterocycles. The lowest BCUT2D eigenvalue weighted by molar-refractivity contribution is 0.0526. The van der Waals surface area contributed by atoms with Crippen molar-refractivity contribution in [1.29, 1.82) is 0 Å². The molecule has 2 aromatic rings. The Morgan fingerprint density at radius 1 is 1.21 bits per heavy atom. The number of nitrogens with one attached hydrogen (secondary N) is 1. The van der Waals surface area contributed by atoms with E-state index in [4.69, 9.17) is 4.74 Å². The summed E-state index contributed by atoms with van der Waals surface area (Å²) in [5.41, 5.74) is 0.551. The van der Waals surface area contributed by atoms with Crippen LogP contribution in [-0.2, 0) is 17.6 Å². The molecule has 0 fully saturated rings. The van der Waals surface area contributed by atoms with Crippen molar-refractivity contribution in [1.82, 2.24) is 0 Å². The zero-order valence-corrected chi connectivity index (χ0v) is 16.8. The molecule has 28 heavy (non-hydrogen) atoms. The standard InChI is InChI=1S/C21H23F2NO3S/c1-3-6-12-9-10-13-16(11-12)28-20(17(13)21(26)27-4-2)24-19(25)18-14(22)7-5-8-15(18)23/h5,7-8,12H,3-4,6,9-11H2,1-2H3,(H,24,25)/t12-/m0/s1. The molecule has 1 atom stereocenters. The Kier molecular flexibility index (Phi) is 6.44. The van der Waals surface area contributed by atoms with E-state index in [0.29, 0.717) is 16.5 Å². The van der Waals surface area contributed by atoms with Crippen molar-refractivity contribution in [2.24, 2.45) is 5.92 Å². The lowest BCUT2D eigenvalue weighted by atomic mass is 9.84. The molecule has 0 unspecified atom stereocenters. The molecule has 0 bridgehead atoms. The molecule has 1 N–H and O–H groups in total. The Morgan fingerprint density at radius 3 is 2.57 bits per heavy atom. The van der Waals surface area contributed by atoms with E-state index in [0.717, 1.165) is 54.7 Å². The molecule has 0 saturated carbocycles. The van der Waals surface area contributed by atoms with Crippen molar-refractivity contribution >= 4 is 28.2 Å². The summed E-state index contributed by atoms with van der Waals surface area (Å²) in [6.45, 7) is 4.06. The number of thiophene rings is 1. The molecule has 0 spiro atoms. The van der Waals surface area contributed by atoms with Gasteiger partial charge < -0.3 is 10.1 Å². The van der Waals surface area contributed by atoms with Crippen LogP contribution in [0.1, 0.15) is 64.3 Å². The summed E-state index contributed by atoms with van der Waals surface area (Å²) in [5, 5.41) is 2.85. The topological polar surface area (TPSA) is 55.4 Å². The molecule has 1 aliphatic rings. The molecule has 3 rings (SSSR count). The van der Waals surface area contributed by atoms with Gasteiger partial charge in [0.15, 0.2) is 0 Å². The van der Waals surface area contributed by atoms with Crippen LogP contribution in [-0.4, -0.2) is 18.5 Å². The Labute approximate surface area is 166 Å². The molecular formula is C21H23F2NO3S. The number of esters is 1. The molecule has 1 aromatic heterocycles. The highest BCUT2D eigenvalue weighted by molar-refractivity contribution is 7.17. The Balaban J connectivity index is 1.96. The lowest BCUT2D eigenvalue weighted by Crippen LogP contribution is -2.18. The van der Waals surface area contributed by atoms with E-state index in [1.165, 1.54) is 17.4 Å². The van der Waals surface area contributed by atoms with E-state index in [1.807, 2.05) is 0 Å². The van der Waals surface area contributed by atoms with E-state index in [1.54, 1.807) is 6.92 Å². The highest BCUT2D eigenvalue weighted by Crippen LogP contribution is 2.41. The lowest BCUT2D eigenvalue weighted by Gasteiger charge is -2.21. The molecule has 7 heteroatoms. The zero-order chi connectivity index (χ0) is 20.3. The maximum atomic E-state index is 14.0. The number of anilines is 1. The van der Waals surface area contributed by atoms with Crippen molar-refractivity contribution in [3.05, 3.63) is 51.4 Å². The number of halogens is 2. The SMILES string of the molecule is CCC[C@H]1CCc2c(sc(NC(=O)c3c(F)cccc3F)c2C(=O)OCC)C1. The summed E-state index contributed by atoms with van der Waals surface area (Å²) >= 11 is 1.30. The number of hydrogen-bond acceptors (Lipinski definition) is 4. The van der Waals surface area contributed by atoms with Gasteiger partial charge in [0, 0.05) is 4.88 Å². The van der Waals surface area contributed by atoms with Crippen molar-refractivity contribution in [2.75, 3.05) is 11.9 Å². The fourth-order valence-corrected chi connectivity index (χ4v) is 5.04. The Bertz CT molecular complexity index is 874. The second-order valence-electron chi connectivity index (χ2n) is 6.88. The van der Waals surface area contributed by atoms with Gasteiger partial charge in [-0.05, 0) is 49.8 Å². The van der Waals surface area contributed by atoms with Gasteiger partial charge in [0.2, 0.25) is 0 Å². The van der Waals surface area contributed by atoms with Gasteiger partial charge in [-0.3, -0.25) is 4.79 Å². The second-order valence-corrected chi connectivity index (χ2v) is 7.98. The van der Waals surface area contributed by atoms with Crippen LogP contribution < -0.4 is 5.32 Å². The first kappa shape index (κ1) is 20.5. The van der Waals surface area contributed by atoms with Gasteiger partial charge in [0.05, 0.1) is 12.2 Å².